The average molecular weight is 824 g/mol. The Hall–Kier alpha value is -2.15. The number of benzene rings is 1. The topological polar surface area (TPSA) is 185 Å². The Kier molecular flexibility index (Phi) is 15.8. The molecule has 5 rings (SSSR count). The monoisotopic (exact) mass is 822 g/mol. The molecule has 0 aliphatic heterocycles. The fourth-order valence-corrected chi connectivity index (χ4v) is 12.3. The van der Waals surface area contributed by atoms with Crippen molar-refractivity contribution in [3.63, 3.8) is 0 Å². The van der Waals surface area contributed by atoms with Crippen molar-refractivity contribution in [3.05, 3.63) is 29.8 Å². The van der Waals surface area contributed by atoms with Gasteiger partial charge in [-0.3, -0.25) is 9.59 Å². The van der Waals surface area contributed by atoms with Gasteiger partial charge in [-0.25, -0.2) is 4.79 Å². The Labute approximate surface area is 343 Å². The van der Waals surface area contributed by atoms with E-state index in [1.807, 2.05) is 24.3 Å². The summed E-state index contributed by atoms with van der Waals surface area (Å²) in [5, 5.41) is 49.7. The number of carbonyl (C=O) groups excluding carboxylic acids is 2. The van der Waals surface area contributed by atoms with E-state index in [2.05, 4.69) is 36.3 Å². The molecule has 0 radical (unpaired) electrons. The molecule has 0 spiro atoms. The Morgan fingerprint density at radius 1 is 0.911 bits per heavy atom. The third kappa shape index (κ3) is 9.82. The Morgan fingerprint density at radius 2 is 1.61 bits per heavy atom. The highest BCUT2D eigenvalue weighted by atomic mass is 35.5. The first kappa shape index (κ1) is 44.9. The first-order chi connectivity index (χ1) is 26.7. The lowest BCUT2D eigenvalue weighted by atomic mass is 9.43. The number of aliphatic hydroxyl groups is 3. The minimum atomic E-state index is -1.19. The molecule has 0 heterocycles. The van der Waals surface area contributed by atoms with Gasteiger partial charge in [0.1, 0.15) is 12.1 Å². The molecule has 0 aromatic heterocycles. The molecular weight excluding hydrogens is 755 g/mol. The zero-order valence-electron chi connectivity index (χ0n) is 33.7. The number of aliphatic hydroxyl groups excluding tert-OH is 3. The number of hydrogen-bond donors (Lipinski definition) is 7. The molecule has 4 fully saturated rings. The molecule has 11 nitrogen and oxygen atoms in total. The van der Waals surface area contributed by atoms with Crippen LogP contribution in [-0.2, 0) is 20.8 Å². The number of aliphatic carboxylic acids is 1. The second-order valence-corrected chi connectivity index (χ2v) is 18.8. The number of alkyl halides is 2. The number of carbonyl (C=O) groups is 3. The van der Waals surface area contributed by atoms with E-state index in [1.165, 1.54) is 0 Å². The minimum absolute atomic E-state index is 0.00730. The van der Waals surface area contributed by atoms with E-state index in [0.29, 0.717) is 69.9 Å². The molecule has 0 saturated heterocycles. The van der Waals surface area contributed by atoms with E-state index in [-0.39, 0.29) is 71.2 Å². The van der Waals surface area contributed by atoms with Crippen molar-refractivity contribution < 1.29 is 34.8 Å². The summed E-state index contributed by atoms with van der Waals surface area (Å²) in [6, 6.07) is 5.35. The lowest BCUT2D eigenvalue weighted by Gasteiger charge is -2.63. The van der Waals surface area contributed by atoms with Crippen molar-refractivity contribution in [2.45, 2.75) is 135 Å². The van der Waals surface area contributed by atoms with Gasteiger partial charge in [-0.1, -0.05) is 32.9 Å². The molecule has 8 N–H and O–H groups in total. The van der Waals surface area contributed by atoms with E-state index in [9.17, 15) is 34.8 Å². The van der Waals surface area contributed by atoms with Gasteiger partial charge in [-0.15, -0.1) is 23.2 Å². The number of anilines is 1. The molecule has 316 valence electrons. The largest absolute Gasteiger partial charge is 0.480 e. The fourth-order valence-electron chi connectivity index (χ4n) is 11.8. The van der Waals surface area contributed by atoms with Crippen LogP contribution in [0.1, 0.15) is 103 Å². The summed E-state index contributed by atoms with van der Waals surface area (Å²) in [7, 11) is 0. The van der Waals surface area contributed by atoms with E-state index in [0.717, 1.165) is 43.4 Å². The molecule has 13 atom stereocenters. The Balaban J connectivity index is 1.19. The van der Waals surface area contributed by atoms with E-state index in [4.69, 9.17) is 28.9 Å². The second-order valence-electron chi connectivity index (χ2n) is 18.1. The number of unbranched alkanes of at least 4 members (excludes halogenated alkanes) is 1. The maximum atomic E-state index is 13.6. The summed E-state index contributed by atoms with van der Waals surface area (Å²) in [6.07, 6.45) is 6.86. The van der Waals surface area contributed by atoms with Crippen LogP contribution in [0.15, 0.2) is 24.3 Å². The highest BCUT2D eigenvalue weighted by Gasteiger charge is 2.65. The molecule has 0 bridgehead atoms. The van der Waals surface area contributed by atoms with Crippen molar-refractivity contribution in [2.75, 3.05) is 36.3 Å². The quantitative estimate of drug-likeness (QED) is 0.0739. The van der Waals surface area contributed by atoms with Crippen LogP contribution in [0.5, 0.6) is 0 Å². The molecule has 4 aliphatic carbocycles. The molecule has 1 aromatic carbocycles. The van der Waals surface area contributed by atoms with Crippen molar-refractivity contribution in [1.29, 1.82) is 0 Å². The molecule has 2 amide bonds. The van der Waals surface area contributed by atoms with Gasteiger partial charge < -0.3 is 41.7 Å². The highest BCUT2D eigenvalue weighted by molar-refractivity contribution is 6.18. The van der Waals surface area contributed by atoms with Crippen molar-refractivity contribution in [3.8, 4) is 0 Å². The SMILES string of the molecule is C[C@H](CCC(=O)NC(CCCCN)C(=O)N[C@@H](Cc1ccc(N(CCCl)CCCl)cc1)C(=O)O)[C@H]1CC[C@H]2[C@@H]3[C@H](O)C[C@@H]4C[C@H](O)CC[C@]4(C)[C@H]3C[C@H](O)[C@]12C. The van der Waals surface area contributed by atoms with Crippen molar-refractivity contribution >= 4 is 46.7 Å². The maximum Gasteiger partial charge on any atom is 0.326 e. The molecule has 4 saturated carbocycles. The third-order valence-electron chi connectivity index (χ3n) is 15.0. The lowest BCUT2D eigenvalue weighted by molar-refractivity contribution is -0.207. The van der Waals surface area contributed by atoms with Gasteiger partial charge in [-0.05, 0) is 141 Å². The van der Waals surface area contributed by atoms with E-state index >= 15 is 0 Å². The number of carboxylic acids is 1. The molecule has 13 heteroatoms. The standard InChI is InChI=1S/C43H68Cl2N4O7/c1-26(31-12-13-32-39-33(25-37(52)43(31,32)3)42(2)16-15-30(50)23-28(42)24-36(39)51)7-14-38(53)47-34(6-4-5-19-46)40(54)48-35(41(55)56)22-27-8-10-29(11-9-27)49(20-17-44)21-18-45/h8-11,26,28,30-37,39,50-52H,4-7,12-25,46H2,1-3H3,(H,47,53)(H,48,54)(H,55,56)/t26-,28+,30-,31-,32+,33+,34?,35+,36-,37+,39+,42+,43-/m1/s1. The Morgan fingerprint density at radius 3 is 2.25 bits per heavy atom. The predicted molar refractivity (Wildman–Crippen MR) is 221 cm³/mol. The van der Waals surface area contributed by atoms with Crippen molar-refractivity contribution in [2.24, 2.45) is 52.1 Å². The number of fused-ring (bicyclic) bond motifs is 5. The van der Waals surface area contributed by atoms with Crippen LogP contribution in [0.2, 0.25) is 0 Å². The average Bonchev–Trinajstić information content (AvgIpc) is 3.52. The summed E-state index contributed by atoms with van der Waals surface area (Å²) < 4.78 is 0. The third-order valence-corrected chi connectivity index (χ3v) is 15.3. The predicted octanol–water partition coefficient (Wildman–Crippen LogP) is 5.07. The normalized spacial score (nSPS) is 33.9. The van der Waals surface area contributed by atoms with Crippen LogP contribution in [0.4, 0.5) is 5.69 Å². The molecule has 1 aromatic rings. The number of amides is 2. The number of carboxylic acid groups (broad SMARTS) is 1. The van der Waals surface area contributed by atoms with Crippen LogP contribution < -0.4 is 21.3 Å². The minimum Gasteiger partial charge on any atom is -0.480 e. The zero-order valence-corrected chi connectivity index (χ0v) is 35.2. The van der Waals surface area contributed by atoms with E-state index < -0.39 is 36.2 Å². The smallest absolute Gasteiger partial charge is 0.326 e. The first-order valence-electron chi connectivity index (χ1n) is 21.2. The Bertz CT molecular complexity index is 1470. The van der Waals surface area contributed by atoms with Gasteiger partial charge in [-0.2, -0.15) is 0 Å². The van der Waals surface area contributed by atoms with Crippen LogP contribution >= 0.6 is 23.2 Å². The van der Waals surface area contributed by atoms with Crippen LogP contribution in [0.25, 0.3) is 0 Å². The summed E-state index contributed by atoms with van der Waals surface area (Å²) in [4.78, 5) is 41.5. The van der Waals surface area contributed by atoms with Gasteiger partial charge >= 0.3 is 5.97 Å². The summed E-state index contributed by atoms with van der Waals surface area (Å²) in [5.74, 6) is 0.0160. The molecule has 1 unspecified atom stereocenters. The number of halogens is 2. The molecular formula is C43H68Cl2N4O7. The number of hydrogen-bond acceptors (Lipinski definition) is 8. The first-order valence-corrected chi connectivity index (χ1v) is 22.3. The summed E-state index contributed by atoms with van der Waals surface area (Å²) >= 11 is 11.9. The number of rotatable bonds is 19. The second kappa shape index (κ2) is 19.7. The van der Waals surface area contributed by atoms with Crippen LogP contribution in [0.3, 0.4) is 0 Å². The maximum absolute atomic E-state index is 13.6. The van der Waals surface area contributed by atoms with Gasteiger partial charge in [0.05, 0.1) is 18.3 Å². The summed E-state index contributed by atoms with van der Waals surface area (Å²) in [5.41, 5.74) is 7.02. The van der Waals surface area contributed by atoms with Crippen molar-refractivity contribution in [1.82, 2.24) is 10.6 Å². The summed E-state index contributed by atoms with van der Waals surface area (Å²) in [6.45, 7) is 8.39. The number of nitrogens with zero attached hydrogens (tertiary/aromatic N) is 1. The highest BCUT2D eigenvalue weighted by Crippen LogP contribution is 2.68. The molecule has 56 heavy (non-hydrogen) atoms. The number of nitrogens with one attached hydrogen (secondary N) is 2. The molecule has 4 aliphatic rings. The van der Waals surface area contributed by atoms with Crippen LogP contribution in [0, 0.1) is 46.3 Å². The number of nitrogens with two attached hydrogens (primary N) is 1. The van der Waals surface area contributed by atoms with Gasteiger partial charge in [0.25, 0.3) is 0 Å². The van der Waals surface area contributed by atoms with Crippen LogP contribution in [-0.4, -0.2) is 100.0 Å². The van der Waals surface area contributed by atoms with E-state index in [1.54, 1.807) is 0 Å². The zero-order chi connectivity index (χ0) is 40.8. The lowest BCUT2D eigenvalue weighted by Crippen LogP contribution is -2.62. The fraction of sp³-hybridized carbons (Fsp3) is 0.791. The van der Waals surface area contributed by atoms with Gasteiger partial charge in [0.2, 0.25) is 11.8 Å². The van der Waals surface area contributed by atoms with Gasteiger partial charge in [0.15, 0.2) is 0 Å². The van der Waals surface area contributed by atoms with Gasteiger partial charge in [0, 0.05) is 43.4 Å².